The van der Waals surface area contributed by atoms with Crippen molar-refractivity contribution in [1.82, 2.24) is 10.3 Å². The molecule has 1 heterocycles. The predicted octanol–water partition coefficient (Wildman–Crippen LogP) is 4.13. The average molecular weight is 383 g/mol. The van der Waals surface area contributed by atoms with E-state index in [0.29, 0.717) is 34.8 Å². The average Bonchev–Trinajstić information content (AvgIpc) is 3.36. The molecule has 2 aromatic rings. The summed E-state index contributed by atoms with van der Waals surface area (Å²) >= 11 is 1.36. The number of ether oxygens (including phenoxy) is 2. The van der Waals surface area contributed by atoms with Crippen molar-refractivity contribution in [3.8, 4) is 22.8 Å². The van der Waals surface area contributed by atoms with Crippen LogP contribution in [-0.4, -0.2) is 23.5 Å². The molecule has 1 fully saturated rings. The molecule has 1 aromatic carbocycles. The van der Waals surface area contributed by atoms with Crippen LogP contribution in [0, 0.1) is 17.2 Å². The van der Waals surface area contributed by atoms with Crippen LogP contribution in [0.2, 0.25) is 0 Å². The zero-order valence-corrected chi connectivity index (χ0v) is 16.1. The second-order valence-corrected chi connectivity index (χ2v) is 7.53. The maximum absolute atomic E-state index is 11.0. The molecule has 0 spiro atoms. The van der Waals surface area contributed by atoms with Crippen LogP contribution in [-0.2, 0) is 4.79 Å². The standard InChI is InChI=1S/C20H21N3O3S/c1-13(23-14(2)24)3-7-18-11-22-20(27-18)26-19-8-6-17(9-16(19)10-21)25-12-15-4-5-15/h3,6-9,11,13,15H,4-5,12H2,1-2H3,(H,23,24)/b7-3+/t13-/m0/s1. The predicted molar refractivity (Wildman–Crippen MR) is 104 cm³/mol. The van der Waals surface area contributed by atoms with Gasteiger partial charge in [0.05, 0.1) is 17.0 Å². The third-order valence-corrected chi connectivity index (χ3v) is 4.77. The molecule has 1 aliphatic rings. The van der Waals surface area contributed by atoms with Gasteiger partial charge in [-0.2, -0.15) is 5.26 Å². The number of hydrogen-bond donors (Lipinski definition) is 1. The molecule has 1 N–H and O–H groups in total. The van der Waals surface area contributed by atoms with Crippen LogP contribution < -0.4 is 14.8 Å². The first kappa shape index (κ1) is 18.9. The van der Waals surface area contributed by atoms with Crippen LogP contribution in [0.15, 0.2) is 30.5 Å². The van der Waals surface area contributed by atoms with Gasteiger partial charge in [-0.25, -0.2) is 4.98 Å². The summed E-state index contributed by atoms with van der Waals surface area (Å²) < 4.78 is 11.5. The zero-order chi connectivity index (χ0) is 19.2. The number of nitrogens with one attached hydrogen (secondary N) is 1. The van der Waals surface area contributed by atoms with Gasteiger partial charge in [0.2, 0.25) is 5.91 Å². The van der Waals surface area contributed by atoms with E-state index in [2.05, 4.69) is 16.4 Å². The maximum Gasteiger partial charge on any atom is 0.279 e. The normalized spacial score (nSPS) is 14.6. The molecular weight excluding hydrogens is 362 g/mol. The molecule has 6 nitrogen and oxygen atoms in total. The Morgan fingerprint density at radius 2 is 2.33 bits per heavy atom. The Bertz CT molecular complexity index is 881. The molecule has 3 rings (SSSR count). The van der Waals surface area contributed by atoms with Crippen molar-refractivity contribution >= 4 is 23.3 Å². The molecule has 27 heavy (non-hydrogen) atoms. The van der Waals surface area contributed by atoms with E-state index in [9.17, 15) is 10.1 Å². The SMILES string of the molecule is CC(=O)N[C@@H](C)/C=C/c1cnc(Oc2ccc(OCC3CC3)cc2C#N)s1. The largest absolute Gasteiger partial charge is 0.493 e. The fraction of sp³-hybridized carbons (Fsp3) is 0.350. The fourth-order valence-corrected chi connectivity index (χ4v) is 3.06. The Balaban J connectivity index is 1.63. The molecule has 0 unspecified atom stereocenters. The number of nitriles is 1. The summed E-state index contributed by atoms with van der Waals surface area (Å²) in [7, 11) is 0. The number of amides is 1. The van der Waals surface area contributed by atoms with Gasteiger partial charge in [0, 0.05) is 25.2 Å². The monoisotopic (exact) mass is 383 g/mol. The van der Waals surface area contributed by atoms with Crippen molar-refractivity contribution < 1.29 is 14.3 Å². The van der Waals surface area contributed by atoms with E-state index in [1.54, 1.807) is 18.3 Å². The van der Waals surface area contributed by atoms with E-state index in [1.165, 1.54) is 31.1 Å². The Kier molecular flexibility index (Phi) is 6.09. The highest BCUT2D eigenvalue weighted by Crippen LogP contribution is 2.33. The van der Waals surface area contributed by atoms with Gasteiger partial charge < -0.3 is 14.8 Å². The van der Waals surface area contributed by atoms with Crippen molar-refractivity contribution in [2.45, 2.75) is 32.7 Å². The van der Waals surface area contributed by atoms with Crippen molar-refractivity contribution in [2.75, 3.05) is 6.61 Å². The summed E-state index contributed by atoms with van der Waals surface area (Å²) in [6, 6.07) is 7.31. The number of rotatable bonds is 8. The maximum atomic E-state index is 11.0. The smallest absolute Gasteiger partial charge is 0.279 e. The highest BCUT2D eigenvalue weighted by Gasteiger charge is 2.22. The summed E-state index contributed by atoms with van der Waals surface area (Å²) in [5.74, 6) is 1.71. The number of nitrogens with zero attached hydrogens (tertiary/aromatic N) is 2. The third kappa shape index (κ3) is 5.83. The molecule has 1 amide bonds. The lowest BCUT2D eigenvalue weighted by Crippen LogP contribution is -2.28. The summed E-state index contributed by atoms with van der Waals surface area (Å²) in [4.78, 5) is 16.2. The first-order valence-electron chi connectivity index (χ1n) is 8.79. The summed E-state index contributed by atoms with van der Waals surface area (Å²) in [5, 5.41) is 12.6. The molecule has 7 heteroatoms. The molecule has 1 aliphatic carbocycles. The van der Waals surface area contributed by atoms with Gasteiger partial charge in [0.25, 0.3) is 5.19 Å². The van der Waals surface area contributed by atoms with Gasteiger partial charge in [-0.15, -0.1) is 0 Å². The third-order valence-electron chi connectivity index (χ3n) is 3.93. The number of benzene rings is 1. The Morgan fingerprint density at radius 3 is 3.04 bits per heavy atom. The lowest BCUT2D eigenvalue weighted by molar-refractivity contribution is -0.119. The second kappa shape index (κ2) is 8.69. The van der Waals surface area contributed by atoms with Crippen molar-refractivity contribution in [3.63, 3.8) is 0 Å². The molecule has 140 valence electrons. The van der Waals surface area contributed by atoms with E-state index in [4.69, 9.17) is 9.47 Å². The minimum Gasteiger partial charge on any atom is -0.493 e. The van der Waals surface area contributed by atoms with Gasteiger partial charge in [-0.05, 0) is 43.9 Å². The van der Waals surface area contributed by atoms with Crippen LogP contribution in [0.25, 0.3) is 6.08 Å². The number of carbonyl (C=O) groups is 1. The Hall–Kier alpha value is -2.85. The van der Waals surface area contributed by atoms with Crippen molar-refractivity contribution in [3.05, 3.63) is 40.9 Å². The number of hydrogen-bond acceptors (Lipinski definition) is 6. The Morgan fingerprint density at radius 1 is 1.52 bits per heavy atom. The van der Waals surface area contributed by atoms with Gasteiger partial charge in [0.1, 0.15) is 17.6 Å². The van der Waals surface area contributed by atoms with E-state index in [1.807, 2.05) is 25.1 Å². The highest BCUT2D eigenvalue weighted by atomic mass is 32.1. The Labute approximate surface area is 162 Å². The molecule has 1 saturated carbocycles. The van der Waals surface area contributed by atoms with E-state index in [0.717, 1.165) is 4.88 Å². The second-order valence-electron chi connectivity index (χ2n) is 6.50. The number of aromatic nitrogens is 1. The summed E-state index contributed by atoms with van der Waals surface area (Å²) in [5.41, 5.74) is 0.412. The van der Waals surface area contributed by atoms with E-state index < -0.39 is 0 Å². The molecular formula is C20H21N3O3S. The fourth-order valence-electron chi connectivity index (χ4n) is 2.37. The first-order chi connectivity index (χ1) is 13.0. The quantitative estimate of drug-likeness (QED) is 0.741. The van der Waals surface area contributed by atoms with Gasteiger partial charge >= 0.3 is 0 Å². The molecule has 1 aromatic heterocycles. The molecule has 1 atom stereocenters. The summed E-state index contributed by atoms with van der Waals surface area (Å²) in [6.07, 6.45) is 7.89. The lowest BCUT2D eigenvalue weighted by atomic mass is 10.2. The van der Waals surface area contributed by atoms with Crippen molar-refractivity contribution in [1.29, 1.82) is 5.26 Å². The van der Waals surface area contributed by atoms with Crippen LogP contribution in [0.1, 0.15) is 37.1 Å². The van der Waals surface area contributed by atoms with Gasteiger partial charge in [0.15, 0.2) is 0 Å². The van der Waals surface area contributed by atoms with E-state index in [-0.39, 0.29) is 11.9 Å². The van der Waals surface area contributed by atoms with Crippen LogP contribution >= 0.6 is 11.3 Å². The minimum absolute atomic E-state index is 0.0673. The van der Waals surface area contributed by atoms with Crippen LogP contribution in [0.4, 0.5) is 0 Å². The van der Waals surface area contributed by atoms with Crippen LogP contribution in [0.5, 0.6) is 16.7 Å². The zero-order valence-electron chi connectivity index (χ0n) is 15.3. The van der Waals surface area contributed by atoms with E-state index >= 15 is 0 Å². The topological polar surface area (TPSA) is 84.2 Å². The molecule has 0 saturated heterocycles. The van der Waals surface area contributed by atoms with Crippen LogP contribution in [0.3, 0.4) is 0 Å². The summed E-state index contributed by atoms with van der Waals surface area (Å²) in [6.45, 7) is 4.07. The highest BCUT2D eigenvalue weighted by molar-refractivity contribution is 7.14. The molecule has 0 radical (unpaired) electrons. The number of carbonyl (C=O) groups excluding carboxylic acids is 1. The van der Waals surface area contributed by atoms with Gasteiger partial charge in [-0.1, -0.05) is 17.4 Å². The lowest BCUT2D eigenvalue weighted by Gasteiger charge is -2.08. The molecule has 0 aliphatic heterocycles. The number of thiazole rings is 1. The minimum atomic E-state index is -0.0749. The van der Waals surface area contributed by atoms with Gasteiger partial charge in [-0.3, -0.25) is 4.79 Å². The first-order valence-corrected chi connectivity index (χ1v) is 9.61. The molecule has 0 bridgehead atoms. The van der Waals surface area contributed by atoms with Crippen molar-refractivity contribution in [2.24, 2.45) is 5.92 Å².